The molecule has 7 nitrogen and oxygen atoms in total. The monoisotopic (exact) mass is 441 g/mol. The van der Waals surface area contributed by atoms with E-state index in [-0.39, 0.29) is 24.4 Å². The van der Waals surface area contributed by atoms with E-state index in [0.29, 0.717) is 36.0 Å². The summed E-state index contributed by atoms with van der Waals surface area (Å²) in [5.41, 5.74) is 2.95. The molecule has 5 rings (SSSR count). The third kappa shape index (κ3) is 4.00. The number of aromatic nitrogens is 3. The average molecular weight is 442 g/mol. The Balaban J connectivity index is 1.25. The van der Waals surface area contributed by atoms with Crippen LogP contribution >= 0.6 is 11.6 Å². The highest BCUT2D eigenvalue weighted by Crippen LogP contribution is 2.28. The zero-order valence-electron chi connectivity index (χ0n) is 16.7. The lowest BCUT2D eigenvalue weighted by Crippen LogP contribution is -2.49. The molecule has 31 heavy (non-hydrogen) atoms. The van der Waals surface area contributed by atoms with Gasteiger partial charge in [-0.1, -0.05) is 35.0 Å². The molecule has 2 aliphatic rings. The lowest BCUT2D eigenvalue weighted by Gasteiger charge is -2.36. The minimum Gasteiger partial charge on any atom is -0.368 e. The molecule has 1 unspecified atom stereocenters. The van der Waals surface area contributed by atoms with Crippen LogP contribution in [0.3, 0.4) is 0 Å². The van der Waals surface area contributed by atoms with Crippen molar-refractivity contribution in [1.29, 1.82) is 0 Å². The summed E-state index contributed by atoms with van der Waals surface area (Å²) in [5.74, 6) is -0.417. The predicted molar refractivity (Wildman–Crippen MR) is 114 cm³/mol. The van der Waals surface area contributed by atoms with E-state index >= 15 is 0 Å². The Labute approximate surface area is 184 Å². The number of hydrogen-bond donors (Lipinski definition) is 0. The Hall–Kier alpha value is -2.97. The van der Waals surface area contributed by atoms with Crippen molar-refractivity contribution < 1.29 is 13.9 Å². The van der Waals surface area contributed by atoms with Crippen LogP contribution < -0.4 is 4.90 Å². The quantitative estimate of drug-likeness (QED) is 0.624. The van der Waals surface area contributed by atoms with Gasteiger partial charge >= 0.3 is 0 Å². The number of anilines is 1. The van der Waals surface area contributed by atoms with Crippen molar-refractivity contribution in [3.8, 4) is 0 Å². The van der Waals surface area contributed by atoms with Gasteiger partial charge in [-0.2, -0.15) is 0 Å². The van der Waals surface area contributed by atoms with Crippen LogP contribution in [0.15, 0.2) is 48.5 Å². The maximum absolute atomic E-state index is 13.2. The first-order valence-electron chi connectivity index (χ1n) is 10.2. The van der Waals surface area contributed by atoms with Crippen LogP contribution in [-0.2, 0) is 17.9 Å². The zero-order valence-corrected chi connectivity index (χ0v) is 17.5. The van der Waals surface area contributed by atoms with E-state index in [0.717, 1.165) is 24.3 Å². The van der Waals surface area contributed by atoms with Crippen LogP contribution in [0.25, 0.3) is 0 Å². The number of halogens is 2. The van der Waals surface area contributed by atoms with E-state index in [2.05, 4.69) is 15.2 Å². The Morgan fingerprint density at radius 2 is 1.87 bits per heavy atom. The molecule has 0 radical (unpaired) electrons. The Morgan fingerprint density at radius 1 is 1.10 bits per heavy atom. The molecule has 0 N–H and O–H groups in total. The van der Waals surface area contributed by atoms with Gasteiger partial charge in [-0.15, -0.1) is 5.10 Å². The Morgan fingerprint density at radius 3 is 2.61 bits per heavy atom. The second kappa shape index (κ2) is 8.28. The maximum Gasteiger partial charge on any atom is 0.276 e. The molecule has 0 spiro atoms. The minimum absolute atomic E-state index is 0.129. The Bertz CT molecular complexity index is 1100. The second-order valence-corrected chi connectivity index (χ2v) is 8.11. The molecule has 1 amide bonds. The summed E-state index contributed by atoms with van der Waals surface area (Å²) in [4.78, 5) is 17.1. The summed E-state index contributed by atoms with van der Waals surface area (Å²) in [6, 6.07) is 14.0. The number of hydrogen-bond acceptors (Lipinski definition) is 5. The van der Waals surface area contributed by atoms with E-state index in [9.17, 15) is 9.18 Å². The number of fused-ring (bicyclic) bond motifs is 1. The largest absolute Gasteiger partial charge is 0.368 e. The average Bonchev–Trinajstić information content (AvgIpc) is 3.22. The molecule has 0 bridgehead atoms. The smallest absolute Gasteiger partial charge is 0.276 e. The van der Waals surface area contributed by atoms with Crippen molar-refractivity contribution >= 4 is 23.2 Å². The van der Waals surface area contributed by atoms with Gasteiger partial charge < -0.3 is 14.5 Å². The molecule has 0 aliphatic carbocycles. The van der Waals surface area contributed by atoms with Gasteiger partial charge in [0.05, 0.1) is 18.8 Å². The molecule has 2 aliphatic heterocycles. The third-order valence-corrected chi connectivity index (χ3v) is 6.02. The van der Waals surface area contributed by atoms with Gasteiger partial charge in [-0.05, 0) is 35.9 Å². The normalized spacial score (nSPS) is 18.7. The second-order valence-electron chi connectivity index (χ2n) is 7.68. The topological polar surface area (TPSA) is 63.5 Å². The van der Waals surface area contributed by atoms with Gasteiger partial charge in [-0.25, -0.2) is 9.07 Å². The molecule has 3 aromatic rings. The van der Waals surface area contributed by atoms with Crippen molar-refractivity contribution in [3.63, 3.8) is 0 Å². The summed E-state index contributed by atoms with van der Waals surface area (Å²) in [7, 11) is 0. The molecule has 3 heterocycles. The summed E-state index contributed by atoms with van der Waals surface area (Å²) >= 11 is 6.10. The van der Waals surface area contributed by atoms with Crippen molar-refractivity contribution in [3.05, 3.63) is 76.3 Å². The SMILES string of the molecule is O=C(c1nnn2c1COC(c1ccc(F)cc1)C2)N1CCN(c2cccc(Cl)c2)CC1. The molecular formula is C22H21ClFN5O2. The van der Waals surface area contributed by atoms with E-state index in [1.165, 1.54) is 12.1 Å². The summed E-state index contributed by atoms with van der Waals surface area (Å²) in [6.45, 7) is 3.30. The van der Waals surface area contributed by atoms with Gasteiger partial charge in [0.15, 0.2) is 5.69 Å². The fourth-order valence-corrected chi connectivity index (χ4v) is 4.23. The first kappa shape index (κ1) is 20.0. The molecule has 1 aromatic heterocycles. The van der Waals surface area contributed by atoms with Crippen molar-refractivity contribution in [2.45, 2.75) is 19.3 Å². The number of benzene rings is 2. The van der Waals surface area contributed by atoms with Crippen LogP contribution in [0.5, 0.6) is 0 Å². The molecular weight excluding hydrogens is 421 g/mol. The standard InChI is InChI=1S/C22H21ClFN5O2/c23-16-2-1-3-18(12-16)27-8-10-28(11-9-27)22(30)21-19-14-31-20(13-29(19)26-25-21)15-4-6-17(24)7-5-15/h1-7,12,20H,8-11,13-14H2. The number of piperazine rings is 1. The van der Waals surface area contributed by atoms with Gasteiger partial charge in [0.25, 0.3) is 5.91 Å². The minimum atomic E-state index is -0.288. The van der Waals surface area contributed by atoms with Crippen LogP contribution in [-0.4, -0.2) is 52.0 Å². The van der Waals surface area contributed by atoms with Crippen molar-refractivity contribution in [1.82, 2.24) is 19.9 Å². The molecule has 1 fully saturated rings. The molecule has 0 saturated carbocycles. The lowest BCUT2D eigenvalue weighted by atomic mass is 10.1. The van der Waals surface area contributed by atoms with Crippen LogP contribution in [0.2, 0.25) is 5.02 Å². The first-order valence-corrected chi connectivity index (χ1v) is 10.6. The van der Waals surface area contributed by atoms with Gasteiger partial charge in [-0.3, -0.25) is 4.79 Å². The molecule has 9 heteroatoms. The van der Waals surface area contributed by atoms with E-state index in [1.807, 2.05) is 24.3 Å². The van der Waals surface area contributed by atoms with E-state index < -0.39 is 0 Å². The number of carbonyl (C=O) groups is 1. The highest BCUT2D eigenvalue weighted by atomic mass is 35.5. The van der Waals surface area contributed by atoms with Crippen molar-refractivity contribution in [2.75, 3.05) is 31.1 Å². The molecule has 2 aromatic carbocycles. The van der Waals surface area contributed by atoms with Crippen LogP contribution in [0.1, 0.15) is 27.8 Å². The first-order chi connectivity index (χ1) is 15.1. The van der Waals surface area contributed by atoms with Crippen LogP contribution in [0.4, 0.5) is 10.1 Å². The molecule has 1 saturated heterocycles. The summed E-state index contributed by atoms with van der Waals surface area (Å²) < 4.78 is 20.8. The van der Waals surface area contributed by atoms with Gasteiger partial charge in [0.1, 0.15) is 11.9 Å². The lowest BCUT2D eigenvalue weighted by molar-refractivity contribution is -0.00199. The third-order valence-electron chi connectivity index (χ3n) is 5.78. The fraction of sp³-hybridized carbons (Fsp3) is 0.318. The number of rotatable bonds is 3. The number of nitrogens with zero attached hydrogens (tertiary/aromatic N) is 5. The fourth-order valence-electron chi connectivity index (χ4n) is 4.05. The van der Waals surface area contributed by atoms with E-state index in [1.54, 1.807) is 21.7 Å². The van der Waals surface area contributed by atoms with E-state index in [4.69, 9.17) is 16.3 Å². The highest BCUT2D eigenvalue weighted by Gasteiger charge is 2.31. The highest BCUT2D eigenvalue weighted by molar-refractivity contribution is 6.30. The Kier molecular flexibility index (Phi) is 5.33. The number of ether oxygens (including phenoxy) is 1. The van der Waals surface area contributed by atoms with Gasteiger partial charge in [0.2, 0.25) is 0 Å². The maximum atomic E-state index is 13.2. The summed E-state index contributed by atoms with van der Waals surface area (Å²) in [5, 5.41) is 9.03. The van der Waals surface area contributed by atoms with Crippen molar-refractivity contribution in [2.24, 2.45) is 0 Å². The van der Waals surface area contributed by atoms with Gasteiger partial charge in [0, 0.05) is 36.9 Å². The summed E-state index contributed by atoms with van der Waals surface area (Å²) in [6.07, 6.45) is -0.251. The molecule has 160 valence electrons. The predicted octanol–water partition coefficient (Wildman–Crippen LogP) is 3.30. The number of carbonyl (C=O) groups excluding carboxylic acids is 1. The molecule has 1 atom stereocenters. The van der Waals surface area contributed by atoms with Crippen LogP contribution in [0, 0.1) is 5.82 Å². The zero-order chi connectivity index (χ0) is 21.4. The number of amides is 1.